The van der Waals surface area contributed by atoms with Crippen molar-refractivity contribution in [1.82, 2.24) is 0 Å². The van der Waals surface area contributed by atoms with Gasteiger partial charge in [0.25, 0.3) is 0 Å². The minimum Gasteiger partial charge on any atom is -0.464 e. The van der Waals surface area contributed by atoms with Gasteiger partial charge in [-0.3, -0.25) is 0 Å². The molecule has 4 heteroatoms. The van der Waals surface area contributed by atoms with Crippen LogP contribution in [0.2, 0.25) is 0 Å². The van der Waals surface area contributed by atoms with Crippen LogP contribution in [-0.2, 0) is 11.2 Å². The second kappa shape index (κ2) is 4.06. The van der Waals surface area contributed by atoms with Crippen LogP contribution in [0.15, 0.2) is 15.3 Å². The maximum atomic E-state index is 11.5. The summed E-state index contributed by atoms with van der Waals surface area (Å²) in [6.07, 6.45) is 1.13. The van der Waals surface area contributed by atoms with Gasteiger partial charge in [0.15, 0.2) is 6.29 Å². The molecule has 82 valence electrons. The molecule has 1 aliphatic heterocycles. The number of fused-ring (bicyclic) bond motifs is 1. The van der Waals surface area contributed by atoms with E-state index < -0.39 is 0 Å². The average Bonchev–Trinajstić information content (AvgIpc) is 2.17. The van der Waals surface area contributed by atoms with Crippen LogP contribution in [0.25, 0.3) is 0 Å². The van der Waals surface area contributed by atoms with Crippen LogP contribution in [0.1, 0.15) is 24.7 Å². The second-order valence-electron chi connectivity index (χ2n) is 3.53. The lowest BCUT2D eigenvalue weighted by atomic mass is 10.1. The van der Waals surface area contributed by atoms with Gasteiger partial charge in [-0.1, -0.05) is 0 Å². The van der Waals surface area contributed by atoms with Crippen molar-refractivity contribution in [2.24, 2.45) is 0 Å². The highest BCUT2D eigenvalue weighted by Crippen LogP contribution is 2.26. The Balaban J connectivity index is 2.29. The molecule has 0 saturated heterocycles. The monoisotopic (exact) mass is 210 g/mol. The molecule has 0 saturated carbocycles. The molecule has 0 aliphatic carbocycles. The van der Waals surface area contributed by atoms with Gasteiger partial charge in [0.2, 0.25) is 0 Å². The van der Waals surface area contributed by atoms with Crippen LogP contribution >= 0.6 is 0 Å². The third-order valence-electron chi connectivity index (χ3n) is 2.37. The molecule has 1 aliphatic rings. The lowest BCUT2D eigenvalue weighted by Gasteiger charge is -2.24. The molecule has 1 aromatic rings. The predicted molar refractivity (Wildman–Crippen MR) is 54.1 cm³/mol. The molecule has 0 amide bonds. The summed E-state index contributed by atoms with van der Waals surface area (Å²) in [5.41, 5.74) is 0.330. The molecule has 0 bridgehead atoms. The lowest BCUT2D eigenvalue weighted by molar-refractivity contribution is -0.0868. The van der Waals surface area contributed by atoms with Crippen LogP contribution < -0.4 is 10.4 Å². The van der Waals surface area contributed by atoms with Gasteiger partial charge in [0.1, 0.15) is 11.5 Å². The van der Waals surface area contributed by atoms with Gasteiger partial charge < -0.3 is 13.9 Å². The normalized spacial score (nSPS) is 19.5. The number of ether oxygens (including phenoxy) is 2. The number of rotatable bonds is 2. The highest BCUT2D eigenvalue weighted by atomic mass is 16.7. The van der Waals surface area contributed by atoms with Crippen LogP contribution in [0, 0.1) is 6.92 Å². The fourth-order valence-corrected chi connectivity index (χ4v) is 1.71. The van der Waals surface area contributed by atoms with Gasteiger partial charge in [-0.15, -0.1) is 0 Å². The Hall–Kier alpha value is -1.29. The first kappa shape index (κ1) is 10.2. The molecule has 1 unspecified atom stereocenters. The van der Waals surface area contributed by atoms with Gasteiger partial charge in [-0.05, 0) is 20.3 Å². The summed E-state index contributed by atoms with van der Waals surface area (Å²) in [5.74, 6) is 1.17. The largest absolute Gasteiger partial charge is 0.464 e. The molecule has 0 aromatic carbocycles. The van der Waals surface area contributed by atoms with Crippen molar-refractivity contribution in [3.63, 3.8) is 0 Å². The van der Waals surface area contributed by atoms with E-state index in [2.05, 4.69) is 0 Å². The summed E-state index contributed by atoms with van der Waals surface area (Å²) in [6.45, 7) is 4.26. The Morgan fingerprint density at radius 3 is 3.13 bits per heavy atom. The zero-order valence-electron chi connectivity index (χ0n) is 8.91. The number of hydrogen-bond acceptors (Lipinski definition) is 4. The standard InChI is InChI=1S/C11H14O4/c1-3-13-10-5-4-8-9(15-10)6-7(2)14-11(8)12/h6,10H,3-5H2,1-2H3. The predicted octanol–water partition coefficient (Wildman–Crippen LogP) is 1.64. The molecule has 2 rings (SSSR count). The molecule has 0 fully saturated rings. The summed E-state index contributed by atoms with van der Waals surface area (Å²) < 4.78 is 15.9. The molecule has 15 heavy (non-hydrogen) atoms. The van der Waals surface area contributed by atoms with Crippen LogP contribution in [0.3, 0.4) is 0 Å². The van der Waals surface area contributed by atoms with Gasteiger partial charge in [-0.25, -0.2) is 4.79 Å². The Morgan fingerprint density at radius 2 is 2.40 bits per heavy atom. The molecule has 0 spiro atoms. The second-order valence-corrected chi connectivity index (χ2v) is 3.53. The summed E-state index contributed by atoms with van der Waals surface area (Å²) in [5, 5.41) is 0. The van der Waals surface area contributed by atoms with Crippen molar-refractivity contribution < 1.29 is 13.9 Å². The van der Waals surface area contributed by atoms with Gasteiger partial charge in [-0.2, -0.15) is 0 Å². The molecule has 1 atom stereocenters. The summed E-state index contributed by atoms with van der Waals surface area (Å²) in [4.78, 5) is 11.5. The minimum absolute atomic E-state index is 0.233. The fraction of sp³-hybridized carbons (Fsp3) is 0.545. The highest BCUT2D eigenvalue weighted by Gasteiger charge is 2.23. The third kappa shape index (κ3) is 2.04. The zero-order valence-corrected chi connectivity index (χ0v) is 8.91. The minimum atomic E-state index is -0.292. The van der Waals surface area contributed by atoms with Crippen LogP contribution in [0.4, 0.5) is 0 Å². The fourth-order valence-electron chi connectivity index (χ4n) is 1.71. The zero-order chi connectivity index (χ0) is 10.8. The quantitative estimate of drug-likeness (QED) is 0.744. The Bertz CT molecular complexity index is 408. The SMILES string of the molecule is CCOC1CCc2c(cc(C)oc2=O)O1. The van der Waals surface area contributed by atoms with Crippen molar-refractivity contribution in [3.8, 4) is 5.75 Å². The van der Waals surface area contributed by atoms with E-state index in [1.165, 1.54) is 0 Å². The molecule has 0 N–H and O–H groups in total. The first-order chi connectivity index (χ1) is 7.20. The third-order valence-corrected chi connectivity index (χ3v) is 2.37. The molecule has 2 heterocycles. The van der Waals surface area contributed by atoms with E-state index in [1.807, 2.05) is 6.92 Å². The Morgan fingerprint density at radius 1 is 1.60 bits per heavy atom. The van der Waals surface area contributed by atoms with Gasteiger partial charge >= 0.3 is 5.63 Å². The molecule has 1 aromatic heterocycles. The summed E-state index contributed by atoms with van der Waals surface area (Å²) >= 11 is 0. The first-order valence-electron chi connectivity index (χ1n) is 5.12. The Labute approximate surface area is 87.8 Å². The molecule has 0 radical (unpaired) electrons. The van der Waals surface area contributed by atoms with E-state index in [0.717, 1.165) is 0 Å². The first-order valence-corrected chi connectivity index (χ1v) is 5.12. The molecular weight excluding hydrogens is 196 g/mol. The smallest absolute Gasteiger partial charge is 0.342 e. The van der Waals surface area contributed by atoms with Crippen molar-refractivity contribution in [2.45, 2.75) is 33.0 Å². The lowest BCUT2D eigenvalue weighted by Crippen LogP contribution is -2.28. The topological polar surface area (TPSA) is 48.7 Å². The van der Waals surface area contributed by atoms with Crippen molar-refractivity contribution in [3.05, 3.63) is 27.8 Å². The number of hydrogen-bond donors (Lipinski definition) is 0. The van der Waals surface area contributed by atoms with E-state index in [0.29, 0.717) is 36.5 Å². The van der Waals surface area contributed by atoms with Crippen molar-refractivity contribution >= 4 is 0 Å². The van der Waals surface area contributed by atoms with E-state index in [-0.39, 0.29) is 11.9 Å². The van der Waals surface area contributed by atoms with Gasteiger partial charge in [0.05, 0.1) is 5.56 Å². The van der Waals surface area contributed by atoms with Crippen molar-refractivity contribution in [1.29, 1.82) is 0 Å². The Kier molecular flexibility index (Phi) is 2.77. The van der Waals surface area contributed by atoms with Crippen molar-refractivity contribution in [2.75, 3.05) is 6.61 Å². The van der Waals surface area contributed by atoms with Crippen LogP contribution in [-0.4, -0.2) is 12.9 Å². The maximum Gasteiger partial charge on any atom is 0.342 e. The molecular formula is C11H14O4. The van der Waals surface area contributed by atoms with E-state index >= 15 is 0 Å². The van der Waals surface area contributed by atoms with E-state index in [1.54, 1.807) is 13.0 Å². The highest BCUT2D eigenvalue weighted by molar-refractivity contribution is 5.32. The summed E-state index contributed by atoms with van der Waals surface area (Å²) in [7, 11) is 0. The summed E-state index contributed by atoms with van der Waals surface area (Å²) in [6, 6.07) is 1.74. The molecule has 4 nitrogen and oxygen atoms in total. The van der Waals surface area contributed by atoms with Gasteiger partial charge in [0, 0.05) is 19.1 Å². The van der Waals surface area contributed by atoms with Crippen LogP contribution in [0.5, 0.6) is 5.75 Å². The number of aryl methyl sites for hydroxylation is 1. The maximum absolute atomic E-state index is 11.5. The van der Waals surface area contributed by atoms with E-state index in [9.17, 15) is 4.79 Å². The average molecular weight is 210 g/mol. The van der Waals surface area contributed by atoms with E-state index in [4.69, 9.17) is 13.9 Å².